The SMILES string of the molecule is Cc1cc(CSc2ccccc2C(=O)OCc2nc(-c3ccncc3)no2)no1. The van der Waals surface area contributed by atoms with Crippen LogP contribution in [0.1, 0.15) is 27.7 Å². The summed E-state index contributed by atoms with van der Waals surface area (Å²) >= 11 is 1.48. The van der Waals surface area contributed by atoms with Crippen molar-refractivity contribution in [3.8, 4) is 11.4 Å². The van der Waals surface area contributed by atoms with E-state index >= 15 is 0 Å². The summed E-state index contributed by atoms with van der Waals surface area (Å²) in [5.74, 6) is 1.50. The van der Waals surface area contributed by atoms with Crippen LogP contribution in [0, 0.1) is 6.92 Å². The molecular weight excluding hydrogens is 392 g/mol. The van der Waals surface area contributed by atoms with Gasteiger partial charge in [-0.2, -0.15) is 4.98 Å². The maximum absolute atomic E-state index is 12.6. The van der Waals surface area contributed by atoms with Crippen molar-refractivity contribution in [3.63, 3.8) is 0 Å². The van der Waals surface area contributed by atoms with Crippen molar-refractivity contribution < 1.29 is 18.6 Å². The Balaban J connectivity index is 1.39. The second-order valence-electron chi connectivity index (χ2n) is 6.04. The van der Waals surface area contributed by atoms with Crippen LogP contribution in [0.25, 0.3) is 11.4 Å². The van der Waals surface area contributed by atoms with E-state index < -0.39 is 5.97 Å². The molecule has 0 bridgehead atoms. The van der Waals surface area contributed by atoms with Crippen molar-refractivity contribution in [2.24, 2.45) is 0 Å². The highest BCUT2D eigenvalue weighted by molar-refractivity contribution is 7.98. The molecular formula is C20H16N4O4S. The van der Waals surface area contributed by atoms with Crippen molar-refractivity contribution in [2.45, 2.75) is 24.2 Å². The van der Waals surface area contributed by atoms with Crippen LogP contribution < -0.4 is 0 Å². The average molecular weight is 408 g/mol. The Hall–Kier alpha value is -3.46. The minimum atomic E-state index is -0.465. The lowest BCUT2D eigenvalue weighted by atomic mass is 10.2. The van der Waals surface area contributed by atoms with Crippen molar-refractivity contribution >= 4 is 17.7 Å². The number of nitrogens with zero attached hydrogens (tertiary/aromatic N) is 4. The molecule has 1 aromatic carbocycles. The molecule has 0 saturated carbocycles. The number of pyridine rings is 1. The number of carbonyl (C=O) groups excluding carboxylic acids is 1. The van der Waals surface area contributed by atoms with Gasteiger partial charge in [0.25, 0.3) is 5.89 Å². The molecule has 3 aromatic heterocycles. The minimum absolute atomic E-state index is 0.113. The number of aromatic nitrogens is 4. The molecule has 4 aromatic rings. The van der Waals surface area contributed by atoms with E-state index in [0.29, 0.717) is 17.1 Å². The van der Waals surface area contributed by atoms with Crippen LogP contribution in [0.15, 0.2) is 68.8 Å². The fourth-order valence-electron chi connectivity index (χ4n) is 2.54. The van der Waals surface area contributed by atoms with Gasteiger partial charge in [-0.1, -0.05) is 22.4 Å². The van der Waals surface area contributed by atoms with Crippen LogP contribution in [0.3, 0.4) is 0 Å². The van der Waals surface area contributed by atoms with E-state index in [0.717, 1.165) is 21.9 Å². The second-order valence-corrected chi connectivity index (χ2v) is 7.05. The van der Waals surface area contributed by atoms with Gasteiger partial charge >= 0.3 is 5.97 Å². The van der Waals surface area contributed by atoms with Gasteiger partial charge in [0.2, 0.25) is 5.82 Å². The summed E-state index contributed by atoms with van der Waals surface area (Å²) in [6, 6.07) is 12.6. The first-order chi connectivity index (χ1) is 14.2. The summed E-state index contributed by atoms with van der Waals surface area (Å²) in [5.41, 5.74) is 2.04. The summed E-state index contributed by atoms with van der Waals surface area (Å²) in [6.45, 7) is 1.72. The first-order valence-electron chi connectivity index (χ1n) is 8.73. The third-order valence-electron chi connectivity index (χ3n) is 3.89. The van der Waals surface area contributed by atoms with Gasteiger partial charge in [-0.05, 0) is 31.2 Å². The van der Waals surface area contributed by atoms with Crippen LogP contribution in [0.2, 0.25) is 0 Å². The van der Waals surface area contributed by atoms with E-state index in [1.54, 1.807) is 36.7 Å². The summed E-state index contributed by atoms with van der Waals surface area (Å²) in [6.07, 6.45) is 3.28. The molecule has 0 aliphatic rings. The van der Waals surface area contributed by atoms with Crippen molar-refractivity contribution in [1.29, 1.82) is 0 Å². The molecule has 0 fully saturated rings. The van der Waals surface area contributed by atoms with Gasteiger partial charge in [-0.3, -0.25) is 4.98 Å². The summed E-state index contributed by atoms with van der Waals surface area (Å²) < 4.78 is 15.6. The number of hydrogen-bond acceptors (Lipinski definition) is 9. The number of carbonyl (C=O) groups is 1. The fourth-order valence-corrected chi connectivity index (χ4v) is 3.46. The molecule has 8 nitrogen and oxygen atoms in total. The van der Waals surface area contributed by atoms with Gasteiger partial charge in [0.05, 0.1) is 11.3 Å². The van der Waals surface area contributed by atoms with Crippen molar-refractivity contribution in [3.05, 3.63) is 77.8 Å². The van der Waals surface area contributed by atoms with Gasteiger partial charge in [-0.25, -0.2) is 4.79 Å². The molecule has 0 unspecified atom stereocenters. The molecule has 9 heteroatoms. The van der Waals surface area contributed by atoms with Gasteiger partial charge in [0.15, 0.2) is 6.61 Å². The normalized spacial score (nSPS) is 10.8. The smallest absolute Gasteiger partial charge is 0.339 e. The first-order valence-corrected chi connectivity index (χ1v) is 9.72. The second kappa shape index (κ2) is 8.70. The zero-order valence-electron chi connectivity index (χ0n) is 15.4. The number of thioether (sulfide) groups is 1. The van der Waals surface area contributed by atoms with Crippen molar-refractivity contribution in [1.82, 2.24) is 20.3 Å². The van der Waals surface area contributed by atoms with E-state index in [2.05, 4.69) is 20.3 Å². The molecule has 0 saturated heterocycles. The molecule has 0 amide bonds. The van der Waals surface area contributed by atoms with Crippen molar-refractivity contribution in [2.75, 3.05) is 0 Å². The Labute approximate surface area is 170 Å². The predicted octanol–water partition coefficient (Wildman–Crippen LogP) is 4.08. The zero-order valence-corrected chi connectivity index (χ0v) is 16.3. The fraction of sp³-hybridized carbons (Fsp3) is 0.150. The van der Waals surface area contributed by atoms with Gasteiger partial charge < -0.3 is 13.8 Å². The molecule has 0 aliphatic heterocycles. The van der Waals surface area contributed by atoms with Gasteiger partial charge in [0, 0.05) is 34.7 Å². The standard InChI is InChI=1S/C20H16N4O4S/c1-13-10-15(23-27-13)12-29-17-5-3-2-4-16(17)20(25)26-11-18-22-19(24-28-18)14-6-8-21-9-7-14/h2-10H,11-12H2,1H3. The third-order valence-corrected chi connectivity index (χ3v) is 5.00. The lowest BCUT2D eigenvalue weighted by molar-refractivity contribution is 0.0425. The Bertz CT molecular complexity index is 1110. The molecule has 0 radical (unpaired) electrons. The lowest BCUT2D eigenvalue weighted by Gasteiger charge is -2.07. The maximum atomic E-state index is 12.6. The molecule has 0 N–H and O–H groups in total. The average Bonchev–Trinajstić information content (AvgIpc) is 3.40. The Morgan fingerprint density at radius 3 is 2.72 bits per heavy atom. The van der Waals surface area contributed by atoms with Crippen LogP contribution in [-0.4, -0.2) is 26.3 Å². The third kappa shape index (κ3) is 4.69. The highest BCUT2D eigenvalue weighted by Crippen LogP contribution is 2.27. The molecule has 4 rings (SSSR count). The molecule has 0 spiro atoms. The van der Waals surface area contributed by atoms with E-state index in [-0.39, 0.29) is 12.5 Å². The summed E-state index contributed by atoms with van der Waals surface area (Å²) in [7, 11) is 0. The molecule has 0 aliphatic carbocycles. The zero-order chi connectivity index (χ0) is 20.1. The minimum Gasteiger partial charge on any atom is -0.452 e. The monoisotopic (exact) mass is 408 g/mol. The number of aryl methyl sites for hydroxylation is 1. The number of esters is 1. The molecule has 146 valence electrons. The lowest BCUT2D eigenvalue weighted by Crippen LogP contribution is -2.07. The quantitative estimate of drug-likeness (QED) is 0.330. The van der Waals surface area contributed by atoms with Crippen LogP contribution in [-0.2, 0) is 17.1 Å². The molecule has 0 atom stereocenters. The summed E-state index contributed by atoms with van der Waals surface area (Å²) in [4.78, 5) is 21.5. The number of ether oxygens (including phenoxy) is 1. The Morgan fingerprint density at radius 2 is 1.93 bits per heavy atom. The van der Waals surface area contributed by atoms with Gasteiger partial charge in [0.1, 0.15) is 5.76 Å². The highest BCUT2D eigenvalue weighted by atomic mass is 32.2. The van der Waals surface area contributed by atoms with E-state index in [9.17, 15) is 4.79 Å². The van der Waals surface area contributed by atoms with Crippen LogP contribution in [0.5, 0.6) is 0 Å². The van der Waals surface area contributed by atoms with E-state index in [1.807, 2.05) is 25.1 Å². The molecule has 3 heterocycles. The number of rotatable bonds is 7. The molecule has 29 heavy (non-hydrogen) atoms. The topological polar surface area (TPSA) is 104 Å². The Kier molecular flexibility index (Phi) is 5.66. The predicted molar refractivity (Wildman–Crippen MR) is 104 cm³/mol. The van der Waals surface area contributed by atoms with Gasteiger partial charge in [-0.15, -0.1) is 11.8 Å². The Morgan fingerprint density at radius 1 is 1.10 bits per heavy atom. The highest BCUT2D eigenvalue weighted by Gasteiger charge is 2.16. The van der Waals surface area contributed by atoms with Crippen LogP contribution in [0.4, 0.5) is 0 Å². The summed E-state index contributed by atoms with van der Waals surface area (Å²) in [5, 5.41) is 7.86. The van der Waals surface area contributed by atoms with Crippen LogP contribution >= 0.6 is 11.8 Å². The largest absolute Gasteiger partial charge is 0.452 e. The maximum Gasteiger partial charge on any atom is 0.339 e. The number of benzene rings is 1. The number of hydrogen-bond donors (Lipinski definition) is 0. The van der Waals surface area contributed by atoms with E-state index in [1.165, 1.54) is 11.8 Å². The van der Waals surface area contributed by atoms with E-state index in [4.69, 9.17) is 13.8 Å². The first kappa shape index (κ1) is 18.9.